The maximum Gasteiger partial charge on any atom is 0.312 e. The standard InChI is InChI=1S/C10H17BN4O3/c1-7(15(2)10(11)18)5-3-4-6-8(9(16)17)13-14-12/h7-8H,3-6H2,1-2H3,(H,16,17). The molecule has 0 aromatic rings. The van der Waals surface area contributed by atoms with Crippen molar-refractivity contribution < 1.29 is 14.7 Å². The zero-order valence-corrected chi connectivity index (χ0v) is 10.6. The molecule has 0 bridgehead atoms. The normalized spacial score (nSPS) is 13.2. The van der Waals surface area contributed by atoms with Crippen LogP contribution in [-0.2, 0) is 4.79 Å². The lowest BCUT2D eigenvalue weighted by Crippen LogP contribution is -2.34. The highest BCUT2D eigenvalue weighted by Crippen LogP contribution is 2.11. The van der Waals surface area contributed by atoms with Gasteiger partial charge in [-0.2, -0.15) is 0 Å². The van der Waals surface area contributed by atoms with Gasteiger partial charge in [-0.15, -0.1) is 0 Å². The Bertz CT molecular complexity index is 342. The molecule has 0 spiro atoms. The van der Waals surface area contributed by atoms with Gasteiger partial charge >= 0.3 is 5.97 Å². The molecule has 0 heterocycles. The maximum absolute atomic E-state index is 10.9. The summed E-state index contributed by atoms with van der Waals surface area (Å²) in [5.74, 6) is -1.60. The number of amides is 1. The van der Waals surface area contributed by atoms with Gasteiger partial charge in [0.2, 0.25) is 7.85 Å². The van der Waals surface area contributed by atoms with Gasteiger partial charge in [0.25, 0.3) is 0 Å². The van der Waals surface area contributed by atoms with E-state index in [1.807, 2.05) is 6.92 Å². The maximum atomic E-state index is 10.9. The lowest BCUT2D eigenvalue weighted by molar-refractivity contribution is -0.138. The first-order valence-electron chi connectivity index (χ1n) is 5.69. The molecule has 98 valence electrons. The minimum atomic E-state index is -1.12. The summed E-state index contributed by atoms with van der Waals surface area (Å²) in [7, 11) is 6.74. The Labute approximate surface area is 107 Å². The van der Waals surface area contributed by atoms with Crippen molar-refractivity contribution >= 4 is 19.6 Å². The molecule has 7 nitrogen and oxygen atoms in total. The molecule has 0 fully saturated rings. The number of carbonyl (C=O) groups is 2. The van der Waals surface area contributed by atoms with Crippen LogP contribution < -0.4 is 0 Å². The number of azide groups is 1. The third kappa shape index (κ3) is 6.15. The van der Waals surface area contributed by atoms with Crippen molar-refractivity contribution in [3.8, 4) is 0 Å². The highest BCUT2D eigenvalue weighted by atomic mass is 16.4. The van der Waals surface area contributed by atoms with Gasteiger partial charge < -0.3 is 10.0 Å². The fraction of sp³-hybridized carbons (Fsp3) is 0.800. The van der Waals surface area contributed by atoms with Gasteiger partial charge in [-0.05, 0) is 25.3 Å². The van der Waals surface area contributed by atoms with Crippen LogP contribution in [0.5, 0.6) is 0 Å². The van der Waals surface area contributed by atoms with Crippen molar-refractivity contribution in [3.05, 3.63) is 10.4 Å². The number of carbonyl (C=O) groups excluding carboxylic acids is 1. The third-order valence-corrected chi connectivity index (χ3v) is 2.83. The van der Waals surface area contributed by atoms with E-state index in [9.17, 15) is 9.59 Å². The largest absolute Gasteiger partial charge is 0.481 e. The molecule has 2 atom stereocenters. The minimum absolute atomic E-state index is 0.00486. The zero-order chi connectivity index (χ0) is 14.1. The smallest absolute Gasteiger partial charge is 0.312 e. The highest BCUT2D eigenvalue weighted by Gasteiger charge is 2.15. The predicted octanol–water partition coefficient (Wildman–Crippen LogP) is 1.92. The van der Waals surface area contributed by atoms with E-state index < -0.39 is 17.8 Å². The number of carboxylic acids is 1. The van der Waals surface area contributed by atoms with E-state index in [1.165, 1.54) is 4.90 Å². The average Bonchev–Trinajstić information content (AvgIpc) is 2.31. The molecule has 18 heavy (non-hydrogen) atoms. The average molecular weight is 252 g/mol. The van der Waals surface area contributed by atoms with Crippen LogP contribution in [0.4, 0.5) is 4.79 Å². The quantitative estimate of drug-likeness (QED) is 0.234. The third-order valence-electron chi connectivity index (χ3n) is 2.83. The minimum Gasteiger partial charge on any atom is -0.481 e. The first kappa shape index (κ1) is 16.3. The Morgan fingerprint density at radius 2 is 2.00 bits per heavy atom. The van der Waals surface area contributed by atoms with E-state index in [2.05, 4.69) is 10.0 Å². The van der Waals surface area contributed by atoms with E-state index >= 15 is 0 Å². The lowest BCUT2D eigenvalue weighted by Gasteiger charge is -2.24. The first-order chi connectivity index (χ1) is 8.40. The molecule has 0 saturated carbocycles. The molecule has 0 aliphatic rings. The Morgan fingerprint density at radius 1 is 1.44 bits per heavy atom. The van der Waals surface area contributed by atoms with Crippen LogP contribution in [0.2, 0.25) is 0 Å². The van der Waals surface area contributed by atoms with Crippen molar-refractivity contribution in [2.45, 2.75) is 44.7 Å². The molecule has 0 rings (SSSR count). The number of nitrogens with zero attached hydrogens (tertiary/aromatic N) is 4. The van der Waals surface area contributed by atoms with Crippen LogP contribution in [0.3, 0.4) is 0 Å². The van der Waals surface area contributed by atoms with Crippen LogP contribution in [0.15, 0.2) is 5.11 Å². The number of rotatable bonds is 8. The van der Waals surface area contributed by atoms with E-state index in [4.69, 9.17) is 18.5 Å². The molecule has 0 saturated heterocycles. The topological polar surface area (TPSA) is 106 Å². The second-order valence-electron chi connectivity index (χ2n) is 4.14. The fourth-order valence-corrected chi connectivity index (χ4v) is 1.48. The van der Waals surface area contributed by atoms with Gasteiger partial charge in [0.15, 0.2) is 5.81 Å². The Morgan fingerprint density at radius 3 is 2.44 bits per heavy atom. The lowest BCUT2D eigenvalue weighted by atomic mass is 10.0. The number of hydrogen-bond acceptors (Lipinski definition) is 3. The summed E-state index contributed by atoms with van der Waals surface area (Å²) < 4.78 is 0. The summed E-state index contributed by atoms with van der Waals surface area (Å²) in [4.78, 5) is 25.5. The Balaban J connectivity index is 3.95. The van der Waals surface area contributed by atoms with Crippen molar-refractivity contribution in [2.24, 2.45) is 5.11 Å². The number of aliphatic carboxylic acids is 1. The molecule has 0 aliphatic heterocycles. The molecular weight excluding hydrogens is 235 g/mol. The summed E-state index contributed by atoms with van der Waals surface area (Å²) in [5, 5.41) is 11.9. The van der Waals surface area contributed by atoms with Crippen molar-refractivity contribution in [2.75, 3.05) is 7.05 Å². The molecule has 2 radical (unpaired) electrons. The van der Waals surface area contributed by atoms with Crippen molar-refractivity contribution in [1.29, 1.82) is 0 Å². The second-order valence-corrected chi connectivity index (χ2v) is 4.14. The van der Waals surface area contributed by atoms with Crippen molar-refractivity contribution in [1.82, 2.24) is 4.90 Å². The van der Waals surface area contributed by atoms with Gasteiger partial charge in [0.1, 0.15) is 6.04 Å². The van der Waals surface area contributed by atoms with E-state index in [1.54, 1.807) is 7.05 Å². The fourth-order valence-electron chi connectivity index (χ4n) is 1.48. The van der Waals surface area contributed by atoms with E-state index in [-0.39, 0.29) is 6.04 Å². The number of hydrogen-bond donors (Lipinski definition) is 1. The molecule has 0 aromatic heterocycles. The number of unbranched alkanes of at least 4 members (excludes halogenated alkanes) is 1. The predicted molar refractivity (Wildman–Crippen MR) is 67.4 cm³/mol. The SMILES string of the molecule is [B]C(=O)N(C)C(C)CCCCC(N=[N+]=[N-])C(=O)O. The van der Waals surface area contributed by atoms with E-state index in [0.29, 0.717) is 12.8 Å². The Hall–Kier alpha value is -1.69. The zero-order valence-electron chi connectivity index (χ0n) is 10.6. The highest BCUT2D eigenvalue weighted by molar-refractivity contribution is 6.56. The van der Waals surface area contributed by atoms with Gasteiger partial charge in [-0.3, -0.25) is 9.59 Å². The van der Waals surface area contributed by atoms with Crippen molar-refractivity contribution in [3.63, 3.8) is 0 Å². The molecule has 2 unspecified atom stereocenters. The number of carboxylic acid groups (broad SMARTS) is 1. The second kappa shape index (κ2) is 8.41. The summed E-state index contributed by atoms with van der Waals surface area (Å²) in [5.41, 5.74) is 8.20. The summed E-state index contributed by atoms with van der Waals surface area (Å²) in [6.45, 7) is 1.87. The summed E-state index contributed by atoms with van der Waals surface area (Å²) in [6, 6.07) is -1.01. The van der Waals surface area contributed by atoms with Gasteiger partial charge in [-0.25, -0.2) is 0 Å². The van der Waals surface area contributed by atoms with Gasteiger partial charge in [0.05, 0.1) is 0 Å². The molecule has 1 amide bonds. The van der Waals surface area contributed by atoms with Gasteiger partial charge in [-0.1, -0.05) is 18.0 Å². The molecular formula is C10H17BN4O3. The summed E-state index contributed by atoms with van der Waals surface area (Å²) >= 11 is 0. The Kier molecular flexibility index (Phi) is 7.62. The van der Waals surface area contributed by atoms with Crippen LogP contribution >= 0.6 is 0 Å². The van der Waals surface area contributed by atoms with Crippen LogP contribution in [0.1, 0.15) is 32.6 Å². The van der Waals surface area contributed by atoms with Crippen LogP contribution in [0, 0.1) is 0 Å². The van der Waals surface area contributed by atoms with Crippen LogP contribution in [-0.4, -0.2) is 48.8 Å². The summed E-state index contributed by atoms with van der Waals surface area (Å²) in [6.07, 6.45) is 2.38. The van der Waals surface area contributed by atoms with Gasteiger partial charge in [0, 0.05) is 18.0 Å². The first-order valence-corrected chi connectivity index (χ1v) is 5.69. The molecule has 0 aromatic carbocycles. The van der Waals surface area contributed by atoms with Crippen LogP contribution in [0.25, 0.3) is 10.4 Å². The molecule has 1 N–H and O–H groups in total. The monoisotopic (exact) mass is 252 g/mol. The molecule has 8 heteroatoms. The molecule has 0 aliphatic carbocycles. The van der Waals surface area contributed by atoms with E-state index in [0.717, 1.165) is 12.8 Å².